The van der Waals surface area contributed by atoms with Crippen molar-refractivity contribution in [1.82, 2.24) is 4.90 Å². The van der Waals surface area contributed by atoms with Crippen LogP contribution in [0.4, 0.5) is 0 Å². The zero-order valence-electron chi connectivity index (χ0n) is 10.4. The fraction of sp³-hybridized carbons (Fsp3) is 0.571. The number of hydrogen-bond donors (Lipinski definition) is 1. The van der Waals surface area contributed by atoms with Crippen LogP contribution in [0.3, 0.4) is 0 Å². The normalized spacial score (nSPS) is 23.6. The quantitative estimate of drug-likeness (QED) is 0.928. The van der Waals surface area contributed by atoms with Gasteiger partial charge in [-0.05, 0) is 44.0 Å². The molecule has 0 radical (unpaired) electrons. The number of hydrogen-bond acceptors (Lipinski definition) is 2. The number of nitrogens with two attached hydrogens (primary N) is 1. The molecule has 1 aliphatic heterocycles. The summed E-state index contributed by atoms with van der Waals surface area (Å²) in [5, 5.41) is 0. The number of likely N-dealkylation sites (tertiary alicyclic amines) is 1. The first kappa shape index (κ1) is 13.1. The van der Waals surface area contributed by atoms with E-state index < -0.39 is 0 Å². The van der Waals surface area contributed by atoms with E-state index in [-0.39, 0.29) is 6.04 Å². The molecule has 0 aromatic heterocycles. The summed E-state index contributed by atoms with van der Waals surface area (Å²) in [4.78, 5) is 2.54. The highest BCUT2D eigenvalue weighted by atomic mass is 79.9. The van der Waals surface area contributed by atoms with Crippen LogP contribution in [0, 0.1) is 0 Å². The number of rotatable bonds is 3. The van der Waals surface area contributed by atoms with Crippen molar-refractivity contribution < 1.29 is 0 Å². The molecule has 2 unspecified atom stereocenters. The van der Waals surface area contributed by atoms with Gasteiger partial charge in [0.05, 0.1) is 0 Å². The molecule has 0 aliphatic carbocycles. The van der Waals surface area contributed by atoms with Gasteiger partial charge in [0.1, 0.15) is 0 Å². The van der Waals surface area contributed by atoms with Crippen LogP contribution in [0.1, 0.15) is 31.7 Å². The third-order valence-corrected chi connectivity index (χ3v) is 4.10. The molecule has 2 N–H and O–H groups in total. The van der Waals surface area contributed by atoms with Gasteiger partial charge in [-0.15, -0.1) is 0 Å². The van der Waals surface area contributed by atoms with E-state index in [9.17, 15) is 0 Å². The van der Waals surface area contributed by atoms with E-state index in [4.69, 9.17) is 5.73 Å². The smallest absolute Gasteiger partial charge is 0.0248 e. The molecular formula is C14H21BrN2. The van der Waals surface area contributed by atoms with Gasteiger partial charge in [0.15, 0.2) is 0 Å². The Bertz CT molecular complexity index is 348. The molecule has 17 heavy (non-hydrogen) atoms. The Hall–Kier alpha value is -0.380. The molecule has 2 nitrogen and oxygen atoms in total. The van der Waals surface area contributed by atoms with Crippen molar-refractivity contribution in [2.24, 2.45) is 5.73 Å². The van der Waals surface area contributed by atoms with Gasteiger partial charge in [0, 0.05) is 23.1 Å². The maximum atomic E-state index is 6.09. The maximum Gasteiger partial charge on any atom is 0.0248 e. The Morgan fingerprint density at radius 1 is 1.35 bits per heavy atom. The highest BCUT2D eigenvalue weighted by molar-refractivity contribution is 9.10. The molecule has 2 atom stereocenters. The van der Waals surface area contributed by atoms with Crippen LogP contribution in [0.15, 0.2) is 28.7 Å². The molecule has 0 spiro atoms. The molecule has 1 heterocycles. The topological polar surface area (TPSA) is 29.3 Å². The van der Waals surface area contributed by atoms with Crippen molar-refractivity contribution in [3.05, 3.63) is 34.3 Å². The van der Waals surface area contributed by atoms with Crippen LogP contribution >= 0.6 is 15.9 Å². The summed E-state index contributed by atoms with van der Waals surface area (Å²) in [6.07, 6.45) is 3.87. The second-order valence-electron chi connectivity index (χ2n) is 5.02. The highest BCUT2D eigenvalue weighted by Crippen LogP contribution is 2.22. The van der Waals surface area contributed by atoms with Gasteiger partial charge >= 0.3 is 0 Å². The van der Waals surface area contributed by atoms with E-state index >= 15 is 0 Å². The average molecular weight is 297 g/mol. The minimum Gasteiger partial charge on any atom is -0.327 e. The Balaban J connectivity index is 2.02. The fourth-order valence-corrected chi connectivity index (χ4v) is 2.90. The minimum atomic E-state index is 0.269. The SMILES string of the molecule is CC(N)C1CCCCN1Cc1ccc(Br)cc1. The lowest BCUT2D eigenvalue weighted by Gasteiger charge is -2.38. The number of piperidine rings is 1. The zero-order valence-corrected chi connectivity index (χ0v) is 12.0. The second kappa shape index (κ2) is 5.98. The van der Waals surface area contributed by atoms with Crippen LogP contribution in [0.25, 0.3) is 0 Å². The van der Waals surface area contributed by atoms with E-state index in [1.165, 1.54) is 31.4 Å². The van der Waals surface area contributed by atoms with Crippen molar-refractivity contribution in [2.45, 2.75) is 44.8 Å². The first-order valence-corrected chi connectivity index (χ1v) is 7.20. The molecule has 3 heteroatoms. The lowest BCUT2D eigenvalue weighted by Crippen LogP contribution is -2.48. The summed E-state index contributed by atoms with van der Waals surface area (Å²) in [5.74, 6) is 0. The molecule has 1 saturated heterocycles. The van der Waals surface area contributed by atoms with E-state index in [1.54, 1.807) is 0 Å². The predicted octanol–water partition coefficient (Wildman–Crippen LogP) is 3.15. The summed E-state index contributed by atoms with van der Waals surface area (Å²) in [6, 6.07) is 9.42. The first-order chi connectivity index (χ1) is 8.16. The summed E-state index contributed by atoms with van der Waals surface area (Å²) >= 11 is 3.47. The van der Waals surface area contributed by atoms with Crippen molar-refractivity contribution in [2.75, 3.05) is 6.54 Å². The van der Waals surface area contributed by atoms with Crippen LogP contribution in [0.2, 0.25) is 0 Å². The van der Waals surface area contributed by atoms with Gasteiger partial charge in [-0.3, -0.25) is 4.90 Å². The van der Waals surface area contributed by atoms with E-state index in [0.29, 0.717) is 6.04 Å². The van der Waals surface area contributed by atoms with Gasteiger partial charge in [-0.25, -0.2) is 0 Å². The lowest BCUT2D eigenvalue weighted by molar-refractivity contribution is 0.123. The summed E-state index contributed by atoms with van der Waals surface area (Å²) in [6.45, 7) is 4.34. The molecule has 1 aliphatic rings. The average Bonchev–Trinajstić information content (AvgIpc) is 2.32. The minimum absolute atomic E-state index is 0.269. The maximum absolute atomic E-state index is 6.09. The van der Waals surface area contributed by atoms with Crippen LogP contribution < -0.4 is 5.73 Å². The molecule has 1 aromatic rings. The summed E-state index contributed by atoms with van der Waals surface area (Å²) in [5.41, 5.74) is 7.46. The van der Waals surface area contributed by atoms with Gasteiger partial charge in [0.2, 0.25) is 0 Å². The van der Waals surface area contributed by atoms with Crippen molar-refractivity contribution in [3.8, 4) is 0 Å². The second-order valence-corrected chi connectivity index (χ2v) is 5.93. The Morgan fingerprint density at radius 2 is 2.06 bits per heavy atom. The van der Waals surface area contributed by atoms with Gasteiger partial charge in [0.25, 0.3) is 0 Å². The lowest BCUT2D eigenvalue weighted by atomic mass is 9.96. The monoisotopic (exact) mass is 296 g/mol. The first-order valence-electron chi connectivity index (χ1n) is 6.41. The zero-order chi connectivity index (χ0) is 12.3. The van der Waals surface area contributed by atoms with Gasteiger partial charge in [-0.2, -0.15) is 0 Å². The number of halogens is 1. The molecule has 94 valence electrons. The molecule has 1 fully saturated rings. The van der Waals surface area contributed by atoms with E-state index in [0.717, 1.165) is 11.0 Å². The molecule has 2 rings (SSSR count). The third-order valence-electron chi connectivity index (χ3n) is 3.57. The molecule has 1 aromatic carbocycles. The van der Waals surface area contributed by atoms with Crippen molar-refractivity contribution in [1.29, 1.82) is 0 Å². The number of nitrogens with zero attached hydrogens (tertiary/aromatic N) is 1. The van der Waals surface area contributed by atoms with Gasteiger partial charge in [-0.1, -0.05) is 34.5 Å². The number of benzene rings is 1. The van der Waals surface area contributed by atoms with Crippen LogP contribution in [-0.4, -0.2) is 23.5 Å². The Kier molecular flexibility index (Phi) is 4.60. The molecular weight excluding hydrogens is 276 g/mol. The molecule has 0 bridgehead atoms. The Labute approximate surface area is 112 Å². The van der Waals surface area contributed by atoms with E-state index in [1.807, 2.05) is 0 Å². The highest BCUT2D eigenvalue weighted by Gasteiger charge is 2.25. The summed E-state index contributed by atoms with van der Waals surface area (Å²) in [7, 11) is 0. The molecule has 0 saturated carbocycles. The van der Waals surface area contributed by atoms with Crippen LogP contribution in [0.5, 0.6) is 0 Å². The van der Waals surface area contributed by atoms with E-state index in [2.05, 4.69) is 52.0 Å². The fourth-order valence-electron chi connectivity index (χ4n) is 2.63. The largest absolute Gasteiger partial charge is 0.327 e. The van der Waals surface area contributed by atoms with Crippen molar-refractivity contribution >= 4 is 15.9 Å². The van der Waals surface area contributed by atoms with Crippen molar-refractivity contribution in [3.63, 3.8) is 0 Å². The summed E-state index contributed by atoms with van der Waals surface area (Å²) < 4.78 is 1.14. The Morgan fingerprint density at radius 3 is 2.71 bits per heavy atom. The standard InChI is InChI=1S/C14H21BrN2/c1-11(16)14-4-2-3-9-17(14)10-12-5-7-13(15)8-6-12/h5-8,11,14H,2-4,9-10,16H2,1H3. The third kappa shape index (κ3) is 3.54. The van der Waals surface area contributed by atoms with Gasteiger partial charge < -0.3 is 5.73 Å². The molecule has 0 amide bonds. The van der Waals surface area contributed by atoms with Crippen LogP contribution in [-0.2, 0) is 6.54 Å². The predicted molar refractivity (Wildman–Crippen MR) is 75.8 cm³/mol.